The fourth-order valence-electron chi connectivity index (χ4n) is 8.31. The number of sulfone groups is 1. The van der Waals surface area contributed by atoms with E-state index in [9.17, 15) is 40.7 Å². The van der Waals surface area contributed by atoms with Crippen molar-refractivity contribution >= 4 is 21.7 Å². The summed E-state index contributed by atoms with van der Waals surface area (Å²) >= 11 is 0. The SMILES string of the molecule is CCCC1(C(=O)N2CC[C@@]3(S(=O)(=O)c4ccc(F)cc4)c4ccc(C(C)(F)C(F)(F)F)cc4CC[C@@H]23)CC[C@@H](C(=O)O)[C@H](C)C1. The average Bonchev–Trinajstić information content (AvgIpc) is 3.38. The Kier molecular flexibility index (Phi) is 8.41. The van der Waals surface area contributed by atoms with Crippen LogP contribution in [0.3, 0.4) is 0 Å². The third-order valence-corrected chi connectivity index (χ3v) is 13.2. The maximum absolute atomic E-state index is 15.0. The molecule has 0 spiro atoms. The maximum Gasteiger partial charge on any atom is 0.426 e. The highest BCUT2D eigenvalue weighted by Crippen LogP contribution is 2.56. The number of fused-ring (bicyclic) bond motifs is 3. The number of carbonyl (C=O) groups is 2. The quantitative estimate of drug-likeness (QED) is 0.254. The summed E-state index contributed by atoms with van der Waals surface area (Å²) < 4.78 is 97.3. The number of carboxylic acids is 1. The number of hydrogen-bond donors (Lipinski definition) is 1. The van der Waals surface area contributed by atoms with E-state index in [0.717, 1.165) is 36.4 Å². The van der Waals surface area contributed by atoms with Crippen LogP contribution in [0.15, 0.2) is 47.4 Å². The monoisotopic (exact) mass is 655 g/mol. The van der Waals surface area contributed by atoms with Crippen molar-refractivity contribution in [1.29, 1.82) is 0 Å². The van der Waals surface area contributed by atoms with Gasteiger partial charge in [-0.25, -0.2) is 17.2 Å². The molecule has 1 heterocycles. The standard InChI is InChI=1S/C33H38F5NO5S/c1-4-14-31(15-13-25(28(40)41)20(2)19-31)29(42)39-17-16-32(45(43,44)24-9-7-23(34)8-10-24)26-11-6-22(30(3,35)33(36,37)38)18-21(26)5-12-27(32)39/h6-11,18,20,25,27H,4-5,12-17,19H2,1-3H3,(H,40,41)/t20-,25-,27-,30?,31?,32-/m1/s1. The van der Waals surface area contributed by atoms with E-state index in [1.807, 2.05) is 13.8 Å². The zero-order chi connectivity index (χ0) is 33.2. The summed E-state index contributed by atoms with van der Waals surface area (Å²) in [5.41, 5.74) is -4.72. The van der Waals surface area contributed by atoms with Crippen molar-refractivity contribution in [3.05, 3.63) is 65.0 Å². The molecule has 6 atom stereocenters. The van der Waals surface area contributed by atoms with Gasteiger partial charge in [0.1, 0.15) is 10.6 Å². The number of amides is 1. The van der Waals surface area contributed by atoms with Crippen molar-refractivity contribution < 1.29 is 45.1 Å². The van der Waals surface area contributed by atoms with E-state index in [-0.39, 0.29) is 53.7 Å². The fraction of sp³-hybridized carbons (Fsp3) is 0.576. The highest BCUT2D eigenvalue weighted by Gasteiger charge is 2.63. The van der Waals surface area contributed by atoms with Crippen molar-refractivity contribution in [3.8, 4) is 0 Å². The van der Waals surface area contributed by atoms with Crippen LogP contribution in [0.2, 0.25) is 0 Å². The summed E-state index contributed by atoms with van der Waals surface area (Å²) in [6.07, 6.45) is -2.90. The van der Waals surface area contributed by atoms with Crippen LogP contribution in [0.25, 0.3) is 0 Å². The molecule has 2 fully saturated rings. The molecule has 1 N–H and O–H groups in total. The van der Waals surface area contributed by atoms with Gasteiger partial charge in [0.25, 0.3) is 0 Å². The summed E-state index contributed by atoms with van der Waals surface area (Å²) in [7, 11) is -4.38. The van der Waals surface area contributed by atoms with Crippen LogP contribution >= 0.6 is 0 Å². The van der Waals surface area contributed by atoms with Crippen LogP contribution in [0.1, 0.15) is 82.4 Å². The van der Waals surface area contributed by atoms with Gasteiger partial charge in [-0.05, 0) is 98.7 Å². The molecular formula is C33H38F5NO5S. The van der Waals surface area contributed by atoms with Gasteiger partial charge >= 0.3 is 12.1 Å². The number of aryl methyl sites for hydroxylation is 1. The minimum Gasteiger partial charge on any atom is -0.481 e. The number of rotatable bonds is 7. The van der Waals surface area contributed by atoms with Crippen LogP contribution in [0, 0.1) is 23.1 Å². The minimum atomic E-state index is -5.20. The van der Waals surface area contributed by atoms with Crippen LogP contribution in [-0.4, -0.2) is 49.1 Å². The van der Waals surface area contributed by atoms with E-state index in [1.165, 1.54) is 6.07 Å². The molecule has 12 heteroatoms. The predicted octanol–water partition coefficient (Wildman–Crippen LogP) is 7.10. The molecule has 0 bridgehead atoms. The largest absolute Gasteiger partial charge is 0.481 e. The molecule has 5 rings (SSSR count). The van der Waals surface area contributed by atoms with Gasteiger partial charge in [0, 0.05) is 12.0 Å². The van der Waals surface area contributed by atoms with E-state index < -0.39 is 61.2 Å². The number of halogens is 5. The van der Waals surface area contributed by atoms with Gasteiger partial charge in [-0.1, -0.05) is 38.5 Å². The lowest BCUT2D eigenvalue weighted by molar-refractivity contribution is -0.228. The summed E-state index contributed by atoms with van der Waals surface area (Å²) in [5.74, 6) is -2.68. The number of hydrogen-bond acceptors (Lipinski definition) is 4. The van der Waals surface area contributed by atoms with Gasteiger partial charge in [0.05, 0.1) is 16.9 Å². The molecule has 2 aromatic rings. The molecule has 1 aliphatic heterocycles. The molecule has 2 aromatic carbocycles. The second-order valence-electron chi connectivity index (χ2n) is 13.2. The van der Waals surface area contributed by atoms with Crippen LogP contribution in [0.4, 0.5) is 22.0 Å². The van der Waals surface area contributed by atoms with Gasteiger partial charge in [0.2, 0.25) is 11.6 Å². The third-order valence-electron chi connectivity index (χ3n) is 10.7. The lowest BCUT2D eigenvalue weighted by atomic mass is 9.63. The van der Waals surface area contributed by atoms with Crippen molar-refractivity contribution in [2.75, 3.05) is 6.54 Å². The average molecular weight is 656 g/mol. The third kappa shape index (κ3) is 5.15. The molecule has 3 aliphatic rings. The lowest BCUT2D eigenvalue weighted by Gasteiger charge is -2.47. The number of carbonyl (C=O) groups excluding carboxylic acids is 1. The van der Waals surface area contributed by atoms with Gasteiger partial charge in [-0.15, -0.1) is 0 Å². The van der Waals surface area contributed by atoms with Gasteiger partial charge in [0.15, 0.2) is 9.84 Å². The molecule has 6 nitrogen and oxygen atoms in total. The van der Waals surface area contributed by atoms with Gasteiger partial charge in [-0.3, -0.25) is 9.59 Å². The Labute approximate surface area is 259 Å². The number of benzene rings is 2. The topological polar surface area (TPSA) is 91.8 Å². The summed E-state index contributed by atoms with van der Waals surface area (Å²) in [5, 5.41) is 9.70. The van der Waals surface area contributed by atoms with Crippen LogP contribution < -0.4 is 0 Å². The van der Waals surface area contributed by atoms with Gasteiger partial charge < -0.3 is 10.0 Å². The summed E-state index contributed by atoms with van der Waals surface area (Å²) in [6.45, 7) is 4.23. The second kappa shape index (κ2) is 11.3. The first-order valence-corrected chi connectivity index (χ1v) is 16.8. The molecule has 1 amide bonds. The Morgan fingerprint density at radius 2 is 1.71 bits per heavy atom. The van der Waals surface area contributed by atoms with E-state index in [4.69, 9.17) is 0 Å². The van der Waals surface area contributed by atoms with Crippen LogP contribution in [-0.2, 0) is 36.3 Å². The van der Waals surface area contributed by atoms with E-state index in [1.54, 1.807) is 4.90 Å². The highest BCUT2D eigenvalue weighted by molar-refractivity contribution is 7.92. The zero-order valence-electron chi connectivity index (χ0n) is 25.5. The highest BCUT2D eigenvalue weighted by atomic mass is 32.2. The molecule has 45 heavy (non-hydrogen) atoms. The van der Waals surface area contributed by atoms with E-state index in [2.05, 4.69) is 0 Å². The van der Waals surface area contributed by atoms with Crippen LogP contribution in [0.5, 0.6) is 0 Å². The molecule has 246 valence electrons. The van der Waals surface area contributed by atoms with Crippen molar-refractivity contribution in [3.63, 3.8) is 0 Å². The molecule has 1 saturated carbocycles. The van der Waals surface area contributed by atoms with Crippen molar-refractivity contribution in [2.24, 2.45) is 17.3 Å². The van der Waals surface area contributed by atoms with Gasteiger partial charge in [-0.2, -0.15) is 13.2 Å². The van der Waals surface area contributed by atoms with Crippen molar-refractivity contribution in [2.45, 2.75) is 99.7 Å². The molecule has 0 aromatic heterocycles. The Balaban J connectivity index is 1.63. The Bertz CT molecular complexity index is 1590. The maximum atomic E-state index is 15.0. The number of likely N-dealkylation sites (tertiary alicyclic amines) is 1. The van der Waals surface area contributed by atoms with E-state index >= 15 is 4.39 Å². The Hall–Kier alpha value is -3.02. The first-order chi connectivity index (χ1) is 20.9. The number of nitrogens with zero attached hydrogens (tertiary/aromatic N) is 1. The zero-order valence-corrected chi connectivity index (χ0v) is 26.3. The summed E-state index contributed by atoms with van der Waals surface area (Å²) in [6, 6.07) is 6.71. The van der Waals surface area contributed by atoms with Crippen molar-refractivity contribution in [1.82, 2.24) is 4.90 Å². The first-order valence-electron chi connectivity index (χ1n) is 15.4. The Morgan fingerprint density at radius 3 is 2.29 bits per heavy atom. The molecule has 1 saturated heterocycles. The fourth-order valence-corrected chi connectivity index (χ4v) is 10.7. The minimum absolute atomic E-state index is 0.0523. The molecule has 2 unspecified atom stereocenters. The predicted molar refractivity (Wildman–Crippen MR) is 156 cm³/mol. The molecular weight excluding hydrogens is 617 g/mol. The second-order valence-corrected chi connectivity index (χ2v) is 15.4. The number of carboxylic acid groups (broad SMARTS) is 1. The Morgan fingerprint density at radius 1 is 1.04 bits per heavy atom. The number of aliphatic carboxylic acids is 1. The normalized spacial score (nSPS) is 29.9. The summed E-state index contributed by atoms with van der Waals surface area (Å²) in [4.78, 5) is 27.9. The number of alkyl halides is 4. The lowest BCUT2D eigenvalue weighted by Crippen LogP contribution is -2.56. The smallest absolute Gasteiger partial charge is 0.426 e. The first kappa shape index (κ1) is 33.3. The molecule has 0 radical (unpaired) electrons. The van der Waals surface area contributed by atoms with E-state index in [0.29, 0.717) is 39.0 Å². The molecule has 2 aliphatic carbocycles.